The van der Waals surface area contributed by atoms with Crippen molar-refractivity contribution in [3.05, 3.63) is 47.0 Å². The zero-order chi connectivity index (χ0) is 21.5. The molecule has 0 radical (unpaired) electrons. The van der Waals surface area contributed by atoms with Crippen LogP contribution < -0.4 is 4.90 Å². The molecule has 158 valence electrons. The SMILES string of the molecule is CN(C)S(=O)(=O)c1ccc2c(c1)CCCN2C(=O)CSc1nc2ccc(Cl)cc2[nH]1. The highest BCUT2D eigenvalue weighted by Gasteiger charge is 2.25. The first-order valence-electron chi connectivity index (χ1n) is 9.39. The van der Waals surface area contributed by atoms with E-state index in [0.717, 1.165) is 35.1 Å². The van der Waals surface area contributed by atoms with Crippen LogP contribution in [-0.4, -0.2) is 55.0 Å². The van der Waals surface area contributed by atoms with E-state index in [9.17, 15) is 13.2 Å². The van der Waals surface area contributed by atoms with E-state index in [0.29, 0.717) is 16.7 Å². The summed E-state index contributed by atoms with van der Waals surface area (Å²) >= 11 is 7.34. The van der Waals surface area contributed by atoms with Gasteiger partial charge < -0.3 is 9.88 Å². The molecule has 3 aromatic rings. The lowest BCUT2D eigenvalue weighted by molar-refractivity contribution is -0.116. The molecule has 0 saturated carbocycles. The average Bonchev–Trinajstić information content (AvgIpc) is 3.13. The number of aromatic amines is 1. The number of benzene rings is 2. The zero-order valence-corrected chi connectivity index (χ0v) is 18.9. The van der Waals surface area contributed by atoms with E-state index in [1.807, 2.05) is 6.07 Å². The summed E-state index contributed by atoms with van der Waals surface area (Å²) < 4.78 is 26.0. The van der Waals surface area contributed by atoms with Gasteiger partial charge >= 0.3 is 0 Å². The van der Waals surface area contributed by atoms with Crippen LogP contribution in [0.3, 0.4) is 0 Å². The van der Waals surface area contributed by atoms with E-state index >= 15 is 0 Å². The molecule has 0 saturated heterocycles. The number of amides is 1. The van der Waals surface area contributed by atoms with Crippen molar-refractivity contribution in [3.63, 3.8) is 0 Å². The Balaban J connectivity index is 1.51. The molecule has 30 heavy (non-hydrogen) atoms. The molecule has 1 aromatic heterocycles. The second-order valence-electron chi connectivity index (χ2n) is 7.22. The molecule has 0 unspecified atom stereocenters. The summed E-state index contributed by atoms with van der Waals surface area (Å²) in [4.78, 5) is 22.5. The van der Waals surface area contributed by atoms with Gasteiger partial charge in [0.05, 0.1) is 21.7 Å². The normalized spacial score (nSPS) is 14.3. The Kier molecular flexibility index (Phi) is 5.80. The molecule has 10 heteroatoms. The van der Waals surface area contributed by atoms with E-state index in [1.54, 1.807) is 35.2 Å². The fourth-order valence-electron chi connectivity index (χ4n) is 3.44. The Morgan fingerprint density at radius 2 is 2.07 bits per heavy atom. The van der Waals surface area contributed by atoms with Gasteiger partial charge in [-0.1, -0.05) is 23.4 Å². The van der Waals surface area contributed by atoms with Crippen LogP contribution in [-0.2, 0) is 21.2 Å². The first kappa shape index (κ1) is 21.2. The molecule has 0 aliphatic carbocycles. The summed E-state index contributed by atoms with van der Waals surface area (Å²) in [5.41, 5.74) is 3.28. The number of nitrogens with zero attached hydrogens (tertiary/aromatic N) is 3. The van der Waals surface area contributed by atoms with Crippen molar-refractivity contribution >= 4 is 56.0 Å². The zero-order valence-electron chi connectivity index (χ0n) is 16.6. The summed E-state index contributed by atoms with van der Waals surface area (Å²) in [6.45, 7) is 0.613. The van der Waals surface area contributed by atoms with E-state index in [-0.39, 0.29) is 16.6 Å². The third kappa shape index (κ3) is 4.07. The van der Waals surface area contributed by atoms with Crippen LogP contribution in [0.4, 0.5) is 5.69 Å². The van der Waals surface area contributed by atoms with E-state index in [4.69, 9.17) is 11.6 Å². The quantitative estimate of drug-likeness (QED) is 0.583. The van der Waals surface area contributed by atoms with Crippen molar-refractivity contribution in [1.82, 2.24) is 14.3 Å². The van der Waals surface area contributed by atoms with Crippen molar-refractivity contribution in [3.8, 4) is 0 Å². The molecule has 2 heterocycles. The molecular formula is C20H21ClN4O3S2. The number of halogens is 1. The molecule has 0 fully saturated rings. The lowest BCUT2D eigenvalue weighted by Crippen LogP contribution is -2.37. The minimum Gasteiger partial charge on any atom is -0.333 e. The van der Waals surface area contributed by atoms with Crippen LogP contribution >= 0.6 is 23.4 Å². The van der Waals surface area contributed by atoms with Crippen LogP contribution in [0.2, 0.25) is 5.02 Å². The highest BCUT2D eigenvalue weighted by molar-refractivity contribution is 7.99. The van der Waals surface area contributed by atoms with Crippen molar-refractivity contribution in [2.45, 2.75) is 22.9 Å². The maximum absolute atomic E-state index is 12.9. The summed E-state index contributed by atoms with van der Waals surface area (Å²) in [5.74, 6) is 0.188. The second-order valence-corrected chi connectivity index (χ2v) is 10.8. The Morgan fingerprint density at radius 3 is 2.83 bits per heavy atom. The highest BCUT2D eigenvalue weighted by atomic mass is 35.5. The maximum Gasteiger partial charge on any atom is 0.242 e. The average molecular weight is 465 g/mol. The first-order valence-corrected chi connectivity index (χ1v) is 12.2. The summed E-state index contributed by atoms with van der Waals surface area (Å²) in [7, 11) is -0.491. The van der Waals surface area contributed by atoms with Gasteiger partial charge in [0.1, 0.15) is 0 Å². The van der Waals surface area contributed by atoms with Gasteiger partial charge in [0.25, 0.3) is 0 Å². The highest BCUT2D eigenvalue weighted by Crippen LogP contribution is 2.31. The van der Waals surface area contributed by atoms with Gasteiger partial charge in [0.2, 0.25) is 15.9 Å². The third-order valence-corrected chi connectivity index (χ3v) is 7.91. The fourth-order valence-corrected chi connectivity index (χ4v) is 5.32. The molecule has 4 rings (SSSR count). The van der Waals surface area contributed by atoms with E-state index in [2.05, 4.69) is 9.97 Å². The number of imidazole rings is 1. The minimum atomic E-state index is -3.51. The van der Waals surface area contributed by atoms with Crippen molar-refractivity contribution in [2.24, 2.45) is 0 Å². The molecule has 1 amide bonds. The van der Waals surface area contributed by atoms with Gasteiger partial charge in [0, 0.05) is 31.4 Å². The van der Waals surface area contributed by atoms with Gasteiger partial charge in [0.15, 0.2) is 5.16 Å². The molecule has 0 spiro atoms. The Morgan fingerprint density at radius 1 is 1.27 bits per heavy atom. The molecule has 1 aliphatic rings. The Hall–Kier alpha value is -2.07. The number of hydrogen-bond donors (Lipinski definition) is 1. The number of anilines is 1. The lowest BCUT2D eigenvalue weighted by atomic mass is 10.0. The van der Waals surface area contributed by atoms with Crippen LogP contribution in [0.5, 0.6) is 0 Å². The lowest BCUT2D eigenvalue weighted by Gasteiger charge is -2.30. The molecule has 0 atom stereocenters. The molecule has 0 bridgehead atoms. The third-order valence-electron chi connectivity index (χ3n) is 5.00. The first-order chi connectivity index (χ1) is 14.3. The number of H-pyrrole nitrogens is 1. The van der Waals surface area contributed by atoms with Gasteiger partial charge in [-0.3, -0.25) is 4.79 Å². The van der Waals surface area contributed by atoms with E-state index in [1.165, 1.54) is 30.2 Å². The summed E-state index contributed by atoms with van der Waals surface area (Å²) in [6, 6.07) is 10.4. The maximum atomic E-state index is 12.9. The number of rotatable bonds is 5. The number of sulfonamides is 1. The number of aryl methyl sites for hydroxylation is 1. The van der Waals surface area contributed by atoms with Gasteiger partial charge in [-0.25, -0.2) is 17.7 Å². The number of aromatic nitrogens is 2. The van der Waals surface area contributed by atoms with Crippen LogP contribution in [0.15, 0.2) is 46.5 Å². The molecule has 1 aliphatic heterocycles. The van der Waals surface area contributed by atoms with Crippen molar-refractivity contribution < 1.29 is 13.2 Å². The Bertz CT molecular complexity index is 1220. The van der Waals surface area contributed by atoms with E-state index < -0.39 is 10.0 Å². The second kappa shape index (κ2) is 8.22. The molecule has 2 aromatic carbocycles. The predicted molar refractivity (Wildman–Crippen MR) is 120 cm³/mol. The summed E-state index contributed by atoms with van der Waals surface area (Å²) in [5, 5.41) is 1.28. The summed E-state index contributed by atoms with van der Waals surface area (Å²) in [6.07, 6.45) is 1.53. The minimum absolute atomic E-state index is 0.0392. The van der Waals surface area contributed by atoms with Gasteiger partial charge in [-0.05, 0) is 54.8 Å². The number of thioether (sulfide) groups is 1. The number of fused-ring (bicyclic) bond motifs is 2. The molecule has 7 nitrogen and oxygen atoms in total. The topological polar surface area (TPSA) is 86.4 Å². The number of carbonyl (C=O) groups is 1. The number of carbonyl (C=O) groups excluding carboxylic acids is 1. The van der Waals surface area contributed by atoms with Crippen molar-refractivity contribution in [2.75, 3.05) is 31.3 Å². The standard InChI is InChI=1S/C20H21ClN4O3S2/c1-24(2)30(27,28)15-6-8-18-13(10-15)4-3-9-25(18)19(26)12-29-20-22-16-7-5-14(21)11-17(16)23-20/h5-8,10-11H,3-4,9,12H2,1-2H3,(H,22,23). The monoisotopic (exact) mass is 464 g/mol. The smallest absolute Gasteiger partial charge is 0.242 e. The van der Waals surface area contributed by atoms with Crippen LogP contribution in [0, 0.1) is 0 Å². The molecular weight excluding hydrogens is 444 g/mol. The predicted octanol–water partition coefficient (Wildman–Crippen LogP) is 3.54. The van der Waals surface area contributed by atoms with Crippen LogP contribution in [0.25, 0.3) is 11.0 Å². The van der Waals surface area contributed by atoms with Crippen molar-refractivity contribution in [1.29, 1.82) is 0 Å². The molecule has 1 N–H and O–H groups in total. The largest absolute Gasteiger partial charge is 0.333 e. The fraction of sp³-hybridized carbons (Fsp3) is 0.300. The Labute approximate surface area is 184 Å². The van der Waals surface area contributed by atoms with Crippen LogP contribution in [0.1, 0.15) is 12.0 Å². The number of hydrogen-bond acceptors (Lipinski definition) is 5. The van der Waals surface area contributed by atoms with Gasteiger partial charge in [-0.2, -0.15) is 0 Å². The number of nitrogens with one attached hydrogen (secondary N) is 1. The van der Waals surface area contributed by atoms with Gasteiger partial charge in [-0.15, -0.1) is 0 Å².